The molecule has 0 N–H and O–H groups in total. The Kier molecular flexibility index (Phi) is 6.56. The SMILES string of the molecule is CCOc1ccccc1N=C1SC[C@@H](C)N1C(=O)COc1ccc(C#N)cc1. The predicted octanol–water partition coefficient (Wildman–Crippen LogP) is 3.99. The maximum Gasteiger partial charge on any atom is 0.266 e. The minimum absolute atomic E-state index is 0.0278. The van der Waals surface area contributed by atoms with Gasteiger partial charge in [0.15, 0.2) is 11.8 Å². The van der Waals surface area contributed by atoms with E-state index in [1.165, 1.54) is 0 Å². The van der Waals surface area contributed by atoms with Gasteiger partial charge in [0.05, 0.1) is 18.2 Å². The molecule has 1 amide bonds. The smallest absolute Gasteiger partial charge is 0.266 e. The summed E-state index contributed by atoms with van der Waals surface area (Å²) in [7, 11) is 0. The summed E-state index contributed by atoms with van der Waals surface area (Å²) in [4.78, 5) is 19.1. The normalized spacial score (nSPS) is 17.4. The van der Waals surface area contributed by atoms with Gasteiger partial charge in [-0.15, -0.1) is 0 Å². The Morgan fingerprint density at radius 3 is 2.71 bits per heavy atom. The fraction of sp³-hybridized carbons (Fsp3) is 0.286. The van der Waals surface area contributed by atoms with Crippen LogP contribution in [0, 0.1) is 11.3 Å². The average Bonchev–Trinajstić information content (AvgIpc) is 3.08. The van der Waals surface area contributed by atoms with Crippen molar-refractivity contribution in [3.05, 3.63) is 54.1 Å². The Bertz CT molecular complexity index is 906. The second-order valence-corrected chi connectivity index (χ2v) is 7.13. The van der Waals surface area contributed by atoms with Crippen LogP contribution in [0.3, 0.4) is 0 Å². The van der Waals surface area contributed by atoms with E-state index in [-0.39, 0.29) is 18.6 Å². The standard InChI is InChI=1S/C21H21N3O3S/c1-3-26-19-7-5-4-6-18(19)23-21-24(15(2)14-28-21)20(25)13-27-17-10-8-16(12-22)9-11-17/h4-11,15H,3,13-14H2,1-2H3/t15-/m1/s1. The topological polar surface area (TPSA) is 74.9 Å². The highest BCUT2D eigenvalue weighted by Crippen LogP contribution is 2.32. The Labute approximate surface area is 168 Å². The number of benzene rings is 2. The molecule has 28 heavy (non-hydrogen) atoms. The molecule has 2 aromatic carbocycles. The van der Waals surface area contributed by atoms with Crippen molar-refractivity contribution in [2.75, 3.05) is 19.0 Å². The van der Waals surface area contributed by atoms with E-state index in [9.17, 15) is 4.79 Å². The number of nitriles is 1. The summed E-state index contributed by atoms with van der Waals surface area (Å²) in [5.74, 6) is 1.86. The van der Waals surface area contributed by atoms with Crippen molar-refractivity contribution in [3.63, 3.8) is 0 Å². The van der Waals surface area contributed by atoms with Crippen LogP contribution < -0.4 is 9.47 Å². The number of amidine groups is 1. The minimum atomic E-state index is -0.158. The van der Waals surface area contributed by atoms with Gasteiger partial charge in [0.1, 0.15) is 17.2 Å². The average molecular weight is 395 g/mol. The van der Waals surface area contributed by atoms with Crippen molar-refractivity contribution in [2.24, 2.45) is 4.99 Å². The molecule has 1 fully saturated rings. The Hall–Kier alpha value is -2.98. The molecule has 3 rings (SSSR count). The largest absolute Gasteiger partial charge is 0.492 e. The summed E-state index contributed by atoms with van der Waals surface area (Å²) in [6, 6.07) is 16.3. The highest BCUT2D eigenvalue weighted by Gasteiger charge is 2.32. The number of carbonyl (C=O) groups is 1. The zero-order valence-corrected chi connectivity index (χ0v) is 16.6. The zero-order chi connectivity index (χ0) is 19.9. The zero-order valence-electron chi connectivity index (χ0n) is 15.8. The highest BCUT2D eigenvalue weighted by molar-refractivity contribution is 8.14. The van der Waals surface area contributed by atoms with E-state index < -0.39 is 0 Å². The third kappa shape index (κ3) is 4.65. The van der Waals surface area contributed by atoms with Gasteiger partial charge in [0.25, 0.3) is 5.91 Å². The number of rotatable bonds is 6. The van der Waals surface area contributed by atoms with Crippen molar-refractivity contribution < 1.29 is 14.3 Å². The van der Waals surface area contributed by atoms with Crippen LogP contribution in [0.15, 0.2) is 53.5 Å². The highest BCUT2D eigenvalue weighted by atomic mass is 32.2. The van der Waals surface area contributed by atoms with Crippen LogP contribution >= 0.6 is 11.8 Å². The van der Waals surface area contributed by atoms with Gasteiger partial charge in [0.2, 0.25) is 0 Å². The summed E-state index contributed by atoms with van der Waals surface area (Å²) in [6.45, 7) is 4.37. The van der Waals surface area contributed by atoms with E-state index in [2.05, 4.69) is 11.1 Å². The number of thioether (sulfide) groups is 1. The minimum Gasteiger partial charge on any atom is -0.492 e. The summed E-state index contributed by atoms with van der Waals surface area (Å²) in [5.41, 5.74) is 1.25. The predicted molar refractivity (Wildman–Crippen MR) is 110 cm³/mol. The molecule has 0 bridgehead atoms. The van der Waals surface area contributed by atoms with Gasteiger partial charge in [-0.3, -0.25) is 9.69 Å². The van der Waals surface area contributed by atoms with Crippen molar-refractivity contribution >= 4 is 28.5 Å². The summed E-state index contributed by atoms with van der Waals surface area (Å²) in [6.07, 6.45) is 0. The molecule has 6 nitrogen and oxygen atoms in total. The van der Waals surface area contributed by atoms with Crippen LogP contribution in [-0.4, -0.2) is 41.0 Å². The molecule has 1 atom stereocenters. The first kappa shape index (κ1) is 19.8. The number of para-hydroxylation sites is 2. The van der Waals surface area contributed by atoms with Crippen LogP contribution in [0.5, 0.6) is 11.5 Å². The maximum absolute atomic E-state index is 12.8. The van der Waals surface area contributed by atoms with Gasteiger partial charge in [-0.2, -0.15) is 5.26 Å². The van der Waals surface area contributed by atoms with Gasteiger partial charge in [-0.1, -0.05) is 23.9 Å². The van der Waals surface area contributed by atoms with Gasteiger partial charge in [0, 0.05) is 11.8 Å². The van der Waals surface area contributed by atoms with Crippen LogP contribution in [-0.2, 0) is 4.79 Å². The van der Waals surface area contributed by atoms with Gasteiger partial charge in [-0.25, -0.2) is 4.99 Å². The molecule has 2 aromatic rings. The summed E-state index contributed by atoms with van der Waals surface area (Å²) < 4.78 is 11.2. The van der Waals surface area contributed by atoms with E-state index in [1.54, 1.807) is 40.9 Å². The first-order valence-electron chi connectivity index (χ1n) is 9.00. The monoisotopic (exact) mass is 395 g/mol. The molecule has 0 aromatic heterocycles. The van der Waals surface area contributed by atoms with Gasteiger partial charge >= 0.3 is 0 Å². The molecule has 1 aliphatic rings. The van der Waals surface area contributed by atoms with E-state index in [0.29, 0.717) is 34.5 Å². The fourth-order valence-corrected chi connectivity index (χ4v) is 3.86. The number of hydrogen-bond donors (Lipinski definition) is 0. The van der Waals surface area contributed by atoms with Crippen molar-refractivity contribution in [2.45, 2.75) is 19.9 Å². The molecule has 1 heterocycles. The Morgan fingerprint density at radius 2 is 2.00 bits per heavy atom. The molecule has 0 spiro atoms. The van der Waals surface area contributed by atoms with E-state index >= 15 is 0 Å². The number of amides is 1. The molecule has 0 aliphatic carbocycles. The first-order valence-corrected chi connectivity index (χ1v) is 9.99. The molecular weight excluding hydrogens is 374 g/mol. The second-order valence-electron chi connectivity index (χ2n) is 6.14. The summed E-state index contributed by atoms with van der Waals surface area (Å²) in [5, 5.41) is 9.49. The van der Waals surface area contributed by atoms with Crippen LogP contribution in [0.4, 0.5) is 5.69 Å². The molecular formula is C21H21N3O3S. The quantitative estimate of drug-likeness (QED) is 0.739. The van der Waals surface area contributed by atoms with Gasteiger partial charge in [-0.05, 0) is 50.2 Å². The third-order valence-electron chi connectivity index (χ3n) is 4.10. The van der Waals surface area contributed by atoms with Crippen molar-refractivity contribution in [3.8, 4) is 17.6 Å². The molecule has 144 valence electrons. The fourth-order valence-electron chi connectivity index (χ4n) is 2.74. The molecule has 0 unspecified atom stereocenters. The van der Waals surface area contributed by atoms with Crippen molar-refractivity contribution in [1.29, 1.82) is 5.26 Å². The number of hydrogen-bond acceptors (Lipinski definition) is 6. The third-order valence-corrected chi connectivity index (χ3v) is 5.29. The molecule has 7 heteroatoms. The summed E-state index contributed by atoms with van der Waals surface area (Å²) >= 11 is 1.54. The van der Waals surface area contributed by atoms with E-state index in [1.807, 2.05) is 38.1 Å². The lowest BCUT2D eigenvalue weighted by Gasteiger charge is -2.21. The first-order chi connectivity index (χ1) is 13.6. The van der Waals surface area contributed by atoms with E-state index in [4.69, 9.17) is 14.7 Å². The van der Waals surface area contributed by atoms with Crippen LogP contribution in [0.1, 0.15) is 19.4 Å². The lowest BCUT2D eigenvalue weighted by Crippen LogP contribution is -2.40. The maximum atomic E-state index is 12.8. The number of carbonyl (C=O) groups excluding carboxylic acids is 1. The molecule has 0 radical (unpaired) electrons. The Morgan fingerprint density at radius 1 is 1.25 bits per heavy atom. The van der Waals surface area contributed by atoms with E-state index in [0.717, 1.165) is 5.75 Å². The van der Waals surface area contributed by atoms with Crippen LogP contribution in [0.25, 0.3) is 0 Å². The second kappa shape index (κ2) is 9.29. The van der Waals surface area contributed by atoms with Crippen LogP contribution in [0.2, 0.25) is 0 Å². The molecule has 0 saturated carbocycles. The lowest BCUT2D eigenvalue weighted by molar-refractivity contribution is -0.130. The number of nitrogens with zero attached hydrogens (tertiary/aromatic N) is 3. The van der Waals surface area contributed by atoms with Crippen molar-refractivity contribution in [1.82, 2.24) is 4.90 Å². The lowest BCUT2D eigenvalue weighted by atomic mass is 10.2. The number of aliphatic imine (C=N–C) groups is 1. The molecule has 1 aliphatic heterocycles. The Balaban J connectivity index is 1.73. The molecule has 1 saturated heterocycles. The van der Waals surface area contributed by atoms with Gasteiger partial charge < -0.3 is 9.47 Å². The number of ether oxygens (including phenoxy) is 2.